The highest BCUT2D eigenvalue weighted by Gasteiger charge is 2.36. The van der Waals surface area contributed by atoms with E-state index in [2.05, 4.69) is 27.9 Å². The number of nitrogens with one attached hydrogen (secondary N) is 1. The van der Waals surface area contributed by atoms with Crippen LogP contribution in [0.4, 0.5) is 0 Å². The van der Waals surface area contributed by atoms with Gasteiger partial charge in [0.05, 0.1) is 5.56 Å². The number of amides is 1. The molecule has 2 bridgehead atoms. The molecule has 0 aromatic heterocycles. The van der Waals surface area contributed by atoms with Crippen molar-refractivity contribution >= 4 is 40.9 Å². The molecule has 0 aliphatic carbocycles. The van der Waals surface area contributed by atoms with Gasteiger partial charge in [0.25, 0.3) is 5.91 Å². The van der Waals surface area contributed by atoms with Crippen molar-refractivity contribution in [1.82, 2.24) is 10.2 Å². The summed E-state index contributed by atoms with van der Waals surface area (Å²) in [4.78, 5) is 14.6. The molecule has 1 aromatic carbocycles. The molecule has 2 atom stereocenters. The van der Waals surface area contributed by atoms with Crippen LogP contribution in [0.25, 0.3) is 0 Å². The lowest BCUT2D eigenvalue weighted by Crippen LogP contribution is -2.48. The van der Waals surface area contributed by atoms with Gasteiger partial charge in [0, 0.05) is 28.7 Å². The van der Waals surface area contributed by atoms with Crippen LogP contribution in [-0.2, 0) is 0 Å². The molecular formula is C15H20ClIN2O. The van der Waals surface area contributed by atoms with Crippen molar-refractivity contribution in [3.63, 3.8) is 0 Å². The lowest BCUT2D eigenvalue weighted by molar-refractivity contribution is 0.0680. The van der Waals surface area contributed by atoms with Crippen molar-refractivity contribution in [1.29, 1.82) is 0 Å². The Morgan fingerprint density at radius 2 is 1.85 bits per heavy atom. The largest absolute Gasteiger partial charge is 0.339 e. The summed E-state index contributed by atoms with van der Waals surface area (Å²) < 4.78 is 1.04. The smallest absolute Gasteiger partial charge is 0.254 e. The van der Waals surface area contributed by atoms with Gasteiger partial charge in [0.1, 0.15) is 0 Å². The van der Waals surface area contributed by atoms with Crippen LogP contribution < -0.4 is 5.32 Å². The quantitative estimate of drug-likeness (QED) is 0.766. The van der Waals surface area contributed by atoms with E-state index in [1.54, 1.807) is 0 Å². The molecular weight excluding hydrogens is 387 g/mol. The number of benzene rings is 1. The molecule has 2 aliphatic heterocycles. The molecule has 3 nitrogen and oxygen atoms in total. The molecule has 1 amide bonds. The predicted octanol–water partition coefficient (Wildman–Crippen LogP) is 3.07. The zero-order valence-corrected chi connectivity index (χ0v) is 14.5. The molecule has 3 rings (SSSR count). The lowest BCUT2D eigenvalue weighted by Gasteiger charge is -2.35. The van der Waals surface area contributed by atoms with Crippen molar-refractivity contribution in [3.8, 4) is 0 Å². The van der Waals surface area contributed by atoms with Crippen molar-refractivity contribution in [2.45, 2.75) is 43.8 Å². The second kappa shape index (κ2) is 6.62. The van der Waals surface area contributed by atoms with Crippen molar-refractivity contribution < 1.29 is 4.79 Å². The fourth-order valence-corrected chi connectivity index (χ4v) is 3.95. The normalized spacial score (nSPS) is 27.8. The summed E-state index contributed by atoms with van der Waals surface area (Å²) in [5, 5.41) is 3.63. The average Bonchev–Trinajstić information content (AvgIpc) is 2.76. The van der Waals surface area contributed by atoms with Gasteiger partial charge in [-0.25, -0.2) is 0 Å². The number of fused-ring (bicyclic) bond motifs is 2. The molecule has 0 radical (unpaired) electrons. The third-order valence-corrected chi connectivity index (χ3v) is 5.36. The summed E-state index contributed by atoms with van der Waals surface area (Å²) in [7, 11) is 1.96. The highest BCUT2D eigenvalue weighted by atomic mass is 127. The second-order valence-corrected chi connectivity index (χ2v) is 6.82. The van der Waals surface area contributed by atoms with Crippen molar-refractivity contribution in [2.75, 3.05) is 7.05 Å². The van der Waals surface area contributed by atoms with Gasteiger partial charge in [0.15, 0.2) is 0 Å². The Bertz CT molecular complexity index is 485. The summed E-state index contributed by atoms with van der Waals surface area (Å²) in [5.41, 5.74) is 0.830. The zero-order chi connectivity index (χ0) is 13.4. The van der Waals surface area contributed by atoms with Crippen LogP contribution in [0.3, 0.4) is 0 Å². The first kappa shape index (κ1) is 16.0. The Morgan fingerprint density at radius 1 is 1.25 bits per heavy atom. The molecule has 2 fully saturated rings. The standard InChI is InChI=1S/C15H19IN2O.ClH/c1-18(12-8-10-6-7-11(9-12)17-10)15(19)13-4-2-3-5-14(13)16;/h2-5,10-12,17H,6-9H2,1H3;1H. The number of piperidine rings is 1. The molecule has 2 aliphatic rings. The molecule has 1 aromatic rings. The van der Waals surface area contributed by atoms with Gasteiger partial charge in [-0.05, 0) is 60.4 Å². The number of hydrogen-bond acceptors (Lipinski definition) is 2. The summed E-state index contributed by atoms with van der Waals surface area (Å²) in [6, 6.07) is 9.47. The lowest BCUT2D eigenvalue weighted by atomic mass is 9.98. The van der Waals surface area contributed by atoms with E-state index in [1.807, 2.05) is 36.2 Å². The Labute approximate surface area is 140 Å². The van der Waals surface area contributed by atoms with E-state index < -0.39 is 0 Å². The van der Waals surface area contributed by atoms with Gasteiger partial charge in [-0.2, -0.15) is 0 Å². The Morgan fingerprint density at radius 3 is 2.45 bits per heavy atom. The molecule has 20 heavy (non-hydrogen) atoms. The summed E-state index contributed by atoms with van der Waals surface area (Å²) in [6.07, 6.45) is 4.74. The monoisotopic (exact) mass is 406 g/mol. The topological polar surface area (TPSA) is 32.3 Å². The van der Waals surface area contributed by atoms with Gasteiger partial charge >= 0.3 is 0 Å². The van der Waals surface area contributed by atoms with Gasteiger partial charge in [-0.3, -0.25) is 4.79 Å². The Balaban J connectivity index is 0.00000147. The first-order chi connectivity index (χ1) is 9.15. The third kappa shape index (κ3) is 3.12. The minimum absolute atomic E-state index is 0. The minimum atomic E-state index is 0. The maximum absolute atomic E-state index is 12.6. The zero-order valence-electron chi connectivity index (χ0n) is 11.5. The van der Waals surface area contributed by atoms with Crippen LogP contribution in [0.5, 0.6) is 0 Å². The van der Waals surface area contributed by atoms with E-state index in [0.29, 0.717) is 18.1 Å². The van der Waals surface area contributed by atoms with E-state index in [9.17, 15) is 4.79 Å². The highest BCUT2D eigenvalue weighted by Crippen LogP contribution is 2.30. The Kier molecular flexibility index (Phi) is 5.31. The van der Waals surface area contributed by atoms with Crippen molar-refractivity contribution in [3.05, 3.63) is 33.4 Å². The van der Waals surface area contributed by atoms with Crippen LogP contribution in [0, 0.1) is 3.57 Å². The maximum atomic E-state index is 12.6. The van der Waals surface area contributed by atoms with Crippen LogP contribution >= 0.6 is 35.0 Å². The number of carbonyl (C=O) groups is 1. The van der Waals surface area contributed by atoms with E-state index >= 15 is 0 Å². The maximum Gasteiger partial charge on any atom is 0.254 e. The Hall–Kier alpha value is -0.330. The van der Waals surface area contributed by atoms with Gasteiger partial charge in [0.2, 0.25) is 0 Å². The van der Waals surface area contributed by atoms with E-state index in [4.69, 9.17) is 0 Å². The number of nitrogens with zero attached hydrogens (tertiary/aromatic N) is 1. The van der Waals surface area contributed by atoms with Gasteiger partial charge in [-0.1, -0.05) is 12.1 Å². The number of rotatable bonds is 2. The minimum Gasteiger partial charge on any atom is -0.339 e. The predicted molar refractivity (Wildman–Crippen MR) is 91.5 cm³/mol. The van der Waals surface area contributed by atoms with Crippen LogP contribution in [0.1, 0.15) is 36.0 Å². The second-order valence-electron chi connectivity index (χ2n) is 5.66. The fourth-order valence-electron chi connectivity index (χ4n) is 3.33. The summed E-state index contributed by atoms with van der Waals surface area (Å²) >= 11 is 2.24. The molecule has 0 spiro atoms. The van der Waals surface area contributed by atoms with Gasteiger partial charge in [-0.15, -0.1) is 12.4 Å². The fraction of sp³-hybridized carbons (Fsp3) is 0.533. The summed E-state index contributed by atoms with van der Waals surface area (Å²) in [5.74, 6) is 0.163. The number of halogens is 2. The van der Waals surface area contributed by atoms with Gasteiger partial charge < -0.3 is 10.2 Å². The molecule has 110 valence electrons. The first-order valence-electron chi connectivity index (χ1n) is 6.93. The highest BCUT2D eigenvalue weighted by molar-refractivity contribution is 14.1. The SMILES string of the molecule is CN(C(=O)c1ccccc1I)C1CC2CCC(C1)N2.Cl. The van der Waals surface area contributed by atoms with Crippen molar-refractivity contribution in [2.24, 2.45) is 0 Å². The van der Waals surface area contributed by atoms with Crippen LogP contribution in [0.2, 0.25) is 0 Å². The number of hydrogen-bond donors (Lipinski definition) is 1. The average molecular weight is 407 g/mol. The first-order valence-corrected chi connectivity index (χ1v) is 8.01. The molecule has 2 saturated heterocycles. The van der Waals surface area contributed by atoms with E-state index in [-0.39, 0.29) is 18.3 Å². The molecule has 0 saturated carbocycles. The third-order valence-electron chi connectivity index (χ3n) is 4.42. The summed E-state index contributed by atoms with van der Waals surface area (Å²) in [6.45, 7) is 0. The van der Waals surface area contributed by atoms with Crippen LogP contribution in [0.15, 0.2) is 24.3 Å². The van der Waals surface area contributed by atoms with Crippen LogP contribution in [-0.4, -0.2) is 36.0 Å². The molecule has 2 heterocycles. The number of carbonyl (C=O) groups excluding carboxylic acids is 1. The molecule has 1 N–H and O–H groups in total. The molecule has 2 unspecified atom stereocenters. The van der Waals surface area contributed by atoms with E-state index in [0.717, 1.165) is 22.0 Å². The van der Waals surface area contributed by atoms with E-state index in [1.165, 1.54) is 12.8 Å². The molecule has 5 heteroatoms.